The van der Waals surface area contributed by atoms with Crippen molar-refractivity contribution in [3.8, 4) is 0 Å². The van der Waals surface area contributed by atoms with E-state index >= 15 is 0 Å². The van der Waals surface area contributed by atoms with Gasteiger partial charge in [-0.3, -0.25) is 0 Å². The highest BCUT2D eigenvalue weighted by atomic mass is 15.0. The number of rotatable bonds is 1. The molecule has 1 aromatic heterocycles. The number of hydrogen-bond donors (Lipinski definition) is 2. The van der Waals surface area contributed by atoms with Crippen LogP contribution in [0.5, 0.6) is 0 Å². The number of aromatic nitrogens is 2. The Labute approximate surface area is 118 Å². The molecule has 100 valence electrons. The van der Waals surface area contributed by atoms with E-state index in [0.29, 0.717) is 5.92 Å². The van der Waals surface area contributed by atoms with E-state index in [2.05, 4.69) is 59.7 Å². The quantitative estimate of drug-likeness (QED) is 0.704. The molecule has 3 heteroatoms. The second kappa shape index (κ2) is 4.37. The number of nitrogens with zero attached hydrogens (tertiary/aromatic N) is 1. The van der Waals surface area contributed by atoms with Crippen molar-refractivity contribution in [3.05, 3.63) is 59.4 Å². The number of para-hydroxylation sites is 1. The van der Waals surface area contributed by atoms with E-state index in [-0.39, 0.29) is 0 Å². The Bertz CT molecular complexity index is 773. The van der Waals surface area contributed by atoms with Gasteiger partial charge in [-0.15, -0.1) is 0 Å². The molecular weight excluding hydrogens is 246 g/mol. The third kappa shape index (κ3) is 1.86. The minimum Gasteiger partial charge on any atom is -0.384 e. The van der Waals surface area contributed by atoms with Crippen LogP contribution in [0.4, 0.5) is 5.69 Å². The Kier molecular flexibility index (Phi) is 2.52. The number of fused-ring (bicyclic) bond motifs is 2. The summed E-state index contributed by atoms with van der Waals surface area (Å²) in [6.45, 7) is 3.05. The topological polar surface area (TPSA) is 40.7 Å². The molecule has 0 fully saturated rings. The first-order chi connectivity index (χ1) is 9.79. The molecule has 0 amide bonds. The van der Waals surface area contributed by atoms with Crippen LogP contribution in [0.3, 0.4) is 0 Å². The van der Waals surface area contributed by atoms with Crippen LogP contribution in [0, 0.1) is 6.92 Å². The molecule has 0 saturated heterocycles. The van der Waals surface area contributed by atoms with Crippen molar-refractivity contribution >= 4 is 16.7 Å². The summed E-state index contributed by atoms with van der Waals surface area (Å²) in [4.78, 5) is 8.24. The van der Waals surface area contributed by atoms with Gasteiger partial charge in [0.05, 0.1) is 11.0 Å². The molecule has 2 heterocycles. The highest BCUT2D eigenvalue weighted by Gasteiger charge is 2.22. The summed E-state index contributed by atoms with van der Waals surface area (Å²) in [5.74, 6) is 1.50. The van der Waals surface area contributed by atoms with Crippen molar-refractivity contribution in [1.82, 2.24) is 9.97 Å². The van der Waals surface area contributed by atoms with E-state index in [1.807, 2.05) is 0 Å². The predicted molar refractivity (Wildman–Crippen MR) is 82.2 cm³/mol. The number of anilines is 1. The fourth-order valence-corrected chi connectivity index (χ4v) is 2.97. The van der Waals surface area contributed by atoms with Crippen molar-refractivity contribution in [2.75, 3.05) is 11.9 Å². The average molecular weight is 263 g/mol. The lowest BCUT2D eigenvalue weighted by Crippen LogP contribution is -2.22. The van der Waals surface area contributed by atoms with Crippen LogP contribution in [-0.2, 0) is 6.42 Å². The molecule has 20 heavy (non-hydrogen) atoms. The highest BCUT2D eigenvalue weighted by molar-refractivity contribution is 5.76. The highest BCUT2D eigenvalue weighted by Crippen LogP contribution is 2.30. The Balaban J connectivity index is 1.70. The van der Waals surface area contributed by atoms with Gasteiger partial charge in [-0.1, -0.05) is 24.3 Å². The van der Waals surface area contributed by atoms with Gasteiger partial charge in [0.25, 0.3) is 0 Å². The van der Waals surface area contributed by atoms with Crippen molar-refractivity contribution < 1.29 is 0 Å². The number of imidazole rings is 1. The Morgan fingerprint density at radius 1 is 1.15 bits per heavy atom. The molecule has 2 aromatic carbocycles. The lowest BCUT2D eigenvalue weighted by Gasteiger charge is -2.24. The smallest absolute Gasteiger partial charge is 0.112 e. The number of aryl methyl sites for hydroxylation is 1. The molecule has 0 aliphatic carbocycles. The van der Waals surface area contributed by atoms with E-state index in [1.165, 1.54) is 16.8 Å². The number of nitrogens with one attached hydrogen (secondary N) is 2. The zero-order chi connectivity index (χ0) is 13.5. The molecule has 4 rings (SSSR count). The second-order valence-electron chi connectivity index (χ2n) is 5.58. The number of benzene rings is 2. The van der Waals surface area contributed by atoms with Crippen LogP contribution in [0.1, 0.15) is 22.9 Å². The SMILES string of the molecule is Cc1ccc2nc(C3CNc4ccccc4C3)[nH]c2c1. The first-order valence-corrected chi connectivity index (χ1v) is 7.07. The van der Waals surface area contributed by atoms with Crippen molar-refractivity contribution in [2.45, 2.75) is 19.3 Å². The maximum Gasteiger partial charge on any atom is 0.112 e. The van der Waals surface area contributed by atoms with Crippen LogP contribution in [0.15, 0.2) is 42.5 Å². The molecule has 1 atom stereocenters. The van der Waals surface area contributed by atoms with Gasteiger partial charge in [0.2, 0.25) is 0 Å². The van der Waals surface area contributed by atoms with E-state index in [0.717, 1.165) is 29.8 Å². The first kappa shape index (κ1) is 11.5. The van der Waals surface area contributed by atoms with Crippen LogP contribution in [0.2, 0.25) is 0 Å². The summed E-state index contributed by atoms with van der Waals surface area (Å²) in [5, 5.41) is 3.51. The lowest BCUT2D eigenvalue weighted by atomic mass is 9.93. The number of H-pyrrole nitrogens is 1. The molecule has 0 radical (unpaired) electrons. The third-order valence-electron chi connectivity index (χ3n) is 4.06. The van der Waals surface area contributed by atoms with Gasteiger partial charge in [0.1, 0.15) is 5.82 Å². The normalized spacial score (nSPS) is 17.8. The molecule has 1 unspecified atom stereocenters. The van der Waals surface area contributed by atoms with Crippen molar-refractivity contribution in [1.29, 1.82) is 0 Å². The van der Waals surface area contributed by atoms with Crippen LogP contribution < -0.4 is 5.32 Å². The Hall–Kier alpha value is -2.29. The van der Waals surface area contributed by atoms with E-state index in [1.54, 1.807) is 0 Å². The van der Waals surface area contributed by atoms with Gasteiger partial charge < -0.3 is 10.3 Å². The standard InChI is InChI=1S/C17H17N3/c1-11-6-7-15-16(8-11)20-17(19-15)13-9-12-4-2-3-5-14(12)18-10-13/h2-8,13,18H,9-10H2,1H3,(H,19,20). The largest absolute Gasteiger partial charge is 0.384 e. The van der Waals surface area contributed by atoms with Gasteiger partial charge in [0.15, 0.2) is 0 Å². The monoisotopic (exact) mass is 263 g/mol. The maximum atomic E-state index is 4.75. The third-order valence-corrected chi connectivity index (χ3v) is 4.06. The minimum absolute atomic E-state index is 0.414. The molecule has 3 aromatic rings. The fraction of sp³-hybridized carbons (Fsp3) is 0.235. The van der Waals surface area contributed by atoms with Gasteiger partial charge in [-0.2, -0.15) is 0 Å². The van der Waals surface area contributed by atoms with Crippen molar-refractivity contribution in [2.24, 2.45) is 0 Å². The minimum atomic E-state index is 0.414. The van der Waals surface area contributed by atoms with Crippen LogP contribution in [-0.4, -0.2) is 16.5 Å². The maximum absolute atomic E-state index is 4.75. The fourth-order valence-electron chi connectivity index (χ4n) is 2.97. The van der Waals surface area contributed by atoms with Crippen LogP contribution >= 0.6 is 0 Å². The molecule has 3 nitrogen and oxygen atoms in total. The zero-order valence-corrected chi connectivity index (χ0v) is 11.5. The molecule has 0 saturated carbocycles. The molecule has 1 aliphatic heterocycles. The van der Waals surface area contributed by atoms with Gasteiger partial charge in [-0.25, -0.2) is 4.98 Å². The Morgan fingerprint density at radius 3 is 3.00 bits per heavy atom. The van der Waals surface area contributed by atoms with Gasteiger partial charge >= 0.3 is 0 Å². The average Bonchev–Trinajstić information content (AvgIpc) is 2.89. The molecule has 1 aliphatic rings. The van der Waals surface area contributed by atoms with Crippen LogP contribution in [0.25, 0.3) is 11.0 Å². The van der Waals surface area contributed by atoms with Gasteiger partial charge in [0, 0.05) is 18.2 Å². The van der Waals surface area contributed by atoms with Gasteiger partial charge in [-0.05, 0) is 42.7 Å². The summed E-state index contributed by atoms with van der Waals surface area (Å²) in [5.41, 5.74) is 6.10. The summed E-state index contributed by atoms with van der Waals surface area (Å²) >= 11 is 0. The summed E-state index contributed by atoms with van der Waals surface area (Å²) in [7, 11) is 0. The first-order valence-electron chi connectivity index (χ1n) is 7.07. The van der Waals surface area contributed by atoms with Crippen molar-refractivity contribution in [3.63, 3.8) is 0 Å². The predicted octanol–water partition coefficient (Wildman–Crippen LogP) is 3.62. The van der Waals surface area contributed by atoms with E-state index in [4.69, 9.17) is 4.98 Å². The summed E-state index contributed by atoms with van der Waals surface area (Å²) in [6.07, 6.45) is 1.04. The van der Waals surface area contributed by atoms with E-state index in [9.17, 15) is 0 Å². The number of hydrogen-bond acceptors (Lipinski definition) is 2. The molecular formula is C17H17N3. The second-order valence-corrected chi connectivity index (χ2v) is 5.58. The van der Waals surface area contributed by atoms with E-state index < -0.39 is 0 Å². The summed E-state index contributed by atoms with van der Waals surface area (Å²) in [6, 6.07) is 14.9. The molecule has 2 N–H and O–H groups in total. The summed E-state index contributed by atoms with van der Waals surface area (Å²) < 4.78 is 0. The molecule has 0 spiro atoms. The number of aromatic amines is 1. The zero-order valence-electron chi connectivity index (χ0n) is 11.5. The Morgan fingerprint density at radius 2 is 2.05 bits per heavy atom. The molecule has 0 bridgehead atoms. The lowest BCUT2D eigenvalue weighted by molar-refractivity contribution is 0.659.